The number of amides is 2. The van der Waals surface area contributed by atoms with Crippen molar-refractivity contribution in [3.05, 3.63) is 18.2 Å². The quantitative estimate of drug-likeness (QED) is 0.929. The summed E-state index contributed by atoms with van der Waals surface area (Å²) >= 11 is 0. The topological polar surface area (TPSA) is 58.6 Å². The Morgan fingerprint density at radius 3 is 2.73 bits per heavy atom. The first-order valence-corrected chi connectivity index (χ1v) is 7.71. The average molecular weight is 304 g/mol. The summed E-state index contributed by atoms with van der Waals surface area (Å²) in [5.41, 5.74) is 0.944. The van der Waals surface area contributed by atoms with E-state index in [1.54, 1.807) is 17.0 Å². The molecule has 1 aromatic rings. The lowest BCUT2D eigenvalue weighted by atomic mass is 9.95. The molecule has 22 heavy (non-hydrogen) atoms. The van der Waals surface area contributed by atoms with Crippen molar-refractivity contribution in [2.45, 2.75) is 40.5 Å². The fourth-order valence-electron chi connectivity index (χ4n) is 2.16. The van der Waals surface area contributed by atoms with Gasteiger partial charge in [0.15, 0.2) is 6.61 Å². The van der Waals surface area contributed by atoms with Crippen LogP contribution in [0.2, 0.25) is 0 Å². The molecule has 0 aromatic heterocycles. The Bertz CT molecular complexity index is 576. The summed E-state index contributed by atoms with van der Waals surface area (Å²) in [4.78, 5) is 25.9. The number of anilines is 2. The summed E-state index contributed by atoms with van der Waals surface area (Å²) in [6, 6.07) is 5.42. The average Bonchev–Trinajstić information content (AvgIpc) is 2.45. The summed E-state index contributed by atoms with van der Waals surface area (Å²) in [7, 11) is 0. The van der Waals surface area contributed by atoms with E-state index < -0.39 is 5.41 Å². The van der Waals surface area contributed by atoms with Crippen molar-refractivity contribution in [2.75, 3.05) is 23.4 Å². The van der Waals surface area contributed by atoms with Gasteiger partial charge in [0.2, 0.25) is 5.91 Å². The van der Waals surface area contributed by atoms with Crippen molar-refractivity contribution in [2.24, 2.45) is 5.41 Å². The van der Waals surface area contributed by atoms with Crippen molar-refractivity contribution in [3.63, 3.8) is 0 Å². The van der Waals surface area contributed by atoms with E-state index in [4.69, 9.17) is 4.74 Å². The lowest BCUT2D eigenvalue weighted by Gasteiger charge is -2.30. The van der Waals surface area contributed by atoms with E-state index in [1.807, 2.05) is 26.8 Å². The molecule has 0 saturated heterocycles. The van der Waals surface area contributed by atoms with Crippen LogP contribution < -0.4 is 15.0 Å². The van der Waals surface area contributed by atoms with Crippen LogP contribution in [0.4, 0.5) is 11.4 Å². The predicted molar refractivity (Wildman–Crippen MR) is 87.3 cm³/mol. The Hall–Kier alpha value is -2.04. The third-order valence-corrected chi connectivity index (χ3v) is 3.58. The minimum atomic E-state index is -0.468. The fraction of sp³-hybridized carbons (Fsp3) is 0.529. The van der Waals surface area contributed by atoms with Crippen molar-refractivity contribution in [3.8, 4) is 5.75 Å². The van der Waals surface area contributed by atoms with Gasteiger partial charge in [-0.2, -0.15) is 0 Å². The second kappa shape index (κ2) is 6.38. The summed E-state index contributed by atoms with van der Waals surface area (Å²) < 4.78 is 5.47. The third-order valence-electron chi connectivity index (χ3n) is 3.58. The molecule has 0 atom stereocenters. The van der Waals surface area contributed by atoms with Crippen LogP contribution in [-0.2, 0) is 9.59 Å². The van der Waals surface area contributed by atoms with Gasteiger partial charge in [-0.25, -0.2) is 0 Å². The van der Waals surface area contributed by atoms with Crippen LogP contribution in [0.5, 0.6) is 5.75 Å². The zero-order valence-electron chi connectivity index (χ0n) is 13.7. The predicted octanol–water partition coefficient (Wildman–Crippen LogP) is 3.20. The third kappa shape index (κ3) is 3.59. The van der Waals surface area contributed by atoms with E-state index in [2.05, 4.69) is 12.2 Å². The highest BCUT2D eigenvalue weighted by atomic mass is 16.5. The first-order chi connectivity index (χ1) is 10.3. The molecule has 1 aliphatic heterocycles. The van der Waals surface area contributed by atoms with Crippen molar-refractivity contribution >= 4 is 23.2 Å². The van der Waals surface area contributed by atoms with Crippen molar-refractivity contribution < 1.29 is 14.3 Å². The highest BCUT2D eigenvalue weighted by Gasteiger charge is 2.26. The number of hydrogen-bond acceptors (Lipinski definition) is 3. The SMILES string of the molecule is CCCCN1C(=O)COc2ccc(NC(=O)C(C)(C)C)cc21. The Balaban J connectivity index is 2.26. The number of fused-ring (bicyclic) bond motifs is 1. The molecule has 0 fully saturated rings. The molecule has 1 aromatic carbocycles. The molecular formula is C17H24N2O3. The molecule has 0 aliphatic carbocycles. The number of benzene rings is 1. The van der Waals surface area contributed by atoms with Crippen LogP contribution in [0.25, 0.3) is 0 Å². The summed E-state index contributed by atoms with van der Waals surface area (Å²) in [5, 5.41) is 2.89. The van der Waals surface area contributed by atoms with Gasteiger partial charge < -0.3 is 15.0 Å². The maximum Gasteiger partial charge on any atom is 0.265 e. The minimum absolute atomic E-state index is 0.0414. The number of rotatable bonds is 4. The first kappa shape index (κ1) is 16.3. The molecular weight excluding hydrogens is 280 g/mol. The maximum atomic E-state index is 12.1. The van der Waals surface area contributed by atoms with E-state index in [0.29, 0.717) is 18.0 Å². The largest absolute Gasteiger partial charge is 0.482 e. The molecule has 0 bridgehead atoms. The van der Waals surface area contributed by atoms with Gasteiger partial charge in [-0.15, -0.1) is 0 Å². The summed E-state index contributed by atoms with van der Waals surface area (Å²) in [6.45, 7) is 8.42. The lowest BCUT2D eigenvalue weighted by molar-refractivity contribution is -0.123. The molecule has 1 N–H and O–H groups in total. The Kier molecular flexibility index (Phi) is 4.74. The van der Waals surface area contributed by atoms with Crippen LogP contribution in [0, 0.1) is 5.41 Å². The Labute approximate surface area is 131 Å². The highest BCUT2D eigenvalue weighted by molar-refractivity contribution is 6.00. The molecule has 0 spiro atoms. The van der Waals surface area contributed by atoms with Crippen molar-refractivity contribution in [1.29, 1.82) is 0 Å². The minimum Gasteiger partial charge on any atom is -0.482 e. The smallest absolute Gasteiger partial charge is 0.265 e. The van der Waals surface area contributed by atoms with Crippen LogP contribution in [0.15, 0.2) is 18.2 Å². The van der Waals surface area contributed by atoms with E-state index in [0.717, 1.165) is 18.5 Å². The maximum absolute atomic E-state index is 12.1. The van der Waals surface area contributed by atoms with Gasteiger partial charge in [0, 0.05) is 17.6 Å². The molecule has 0 unspecified atom stereocenters. The van der Waals surface area contributed by atoms with Crippen LogP contribution in [0.1, 0.15) is 40.5 Å². The van der Waals surface area contributed by atoms with E-state index in [-0.39, 0.29) is 18.4 Å². The molecule has 1 heterocycles. The van der Waals surface area contributed by atoms with Crippen LogP contribution >= 0.6 is 0 Å². The number of nitrogens with one attached hydrogen (secondary N) is 1. The second-order valence-electron chi connectivity index (χ2n) is 6.57. The second-order valence-corrected chi connectivity index (χ2v) is 6.57. The lowest BCUT2D eigenvalue weighted by Crippen LogP contribution is -2.39. The normalized spacial score (nSPS) is 14.4. The zero-order valence-corrected chi connectivity index (χ0v) is 13.7. The number of nitrogens with zero attached hydrogens (tertiary/aromatic N) is 1. The molecule has 0 saturated carbocycles. The van der Waals surface area contributed by atoms with Crippen molar-refractivity contribution in [1.82, 2.24) is 0 Å². The van der Waals surface area contributed by atoms with Crippen LogP contribution in [0.3, 0.4) is 0 Å². The summed E-state index contributed by atoms with van der Waals surface area (Å²) in [5.74, 6) is 0.584. The fourth-order valence-corrected chi connectivity index (χ4v) is 2.16. The van der Waals surface area contributed by atoms with E-state index in [1.165, 1.54) is 0 Å². The number of carbonyl (C=O) groups is 2. The Morgan fingerprint density at radius 2 is 2.09 bits per heavy atom. The molecule has 2 amide bonds. The summed E-state index contributed by atoms with van der Waals surface area (Å²) in [6.07, 6.45) is 1.95. The molecule has 120 valence electrons. The monoisotopic (exact) mass is 304 g/mol. The Morgan fingerprint density at radius 1 is 1.36 bits per heavy atom. The number of carbonyl (C=O) groups excluding carboxylic acids is 2. The molecule has 0 radical (unpaired) electrons. The zero-order chi connectivity index (χ0) is 16.3. The van der Waals surface area contributed by atoms with E-state index >= 15 is 0 Å². The first-order valence-electron chi connectivity index (χ1n) is 7.71. The number of hydrogen-bond donors (Lipinski definition) is 1. The number of unbranched alkanes of at least 4 members (excludes halogenated alkanes) is 1. The van der Waals surface area contributed by atoms with Gasteiger partial charge in [0.05, 0.1) is 5.69 Å². The van der Waals surface area contributed by atoms with Crippen LogP contribution in [-0.4, -0.2) is 25.0 Å². The van der Waals surface area contributed by atoms with Gasteiger partial charge in [-0.05, 0) is 24.6 Å². The standard InChI is InChI=1S/C17H24N2O3/c1-5-6-9-19-13-10-12(18-16(21)17(2,3)4)7-8-14(13)22-11-15(19)20/h7-8,10H,5-6,9,11H2,1-4H3,(H,18,21). The van der Waals surface area contributed by atoms with Gasteiger partial charge in [-0.3, -0.25) is 9.59 Å². The molecule has 1 aliphatic rings. The highest BCUT2D eigenvalue weighted by Crippen LogP contribution is 2.35. The van der Waals surface area contributed by atoms with Gasteiger partial charge in [0.1, 0.15) is 5.75 Å². The van der Waals surface area contributed by atoms with Gasteiger partial charge >= 0.3 is 0 Å². The molecule has 5 heteroatoms. The molecule has 5 nitrogen and oxygen atoms in total. The molecule has 2 rings (SSSR count). The van der Waals surface area contributed by atoms with E-state index in [9.17, 15) is 9.59 Å². The number of ether oxygens (including phenoxy) is 1. The van der Waals surface area contributed by atoms with Gasteiger partial charge in [0.25, 0.3) is 5.91 Å². The van der Waals surface area contributed by atoms with Gasteiger partial charge in [-0.1, -0.05) is 34.1 Å².